The van der Waals surface area contributed by atoms with Crippen molar-refractivity contribution in [1.29, 1.82) is 0 Å². The van der Waals surface area contributed by atoms with E-state index >= 15 is 0 Å². The molecule has 1 aromatic carbocycles. The first-order valence-electron chi connectivity index (χ1n) is 7.63. The van der Waals surface area contributed by atoms with Crippen LogP contribution in [0.15, 0.2) is 42.5 Å². The topological polar surface area (TPSA) is 47.9 Å². The summed E-state index contributed by atoms with van der Waals surface area (Å²) in [4.78, 5) is 13.7. The number of pyridine rings is 1. The summed E-state index contributed by atoms with van der Waals surface area (Å²) in [6.07, 6.45) is 2.41. The van der Waals surface area contributed by atoms with Crippen LogP contribution in [0.2, 0.25) is 0 Å². The molecule has 0 radical (unpaired) electrons. The fraction of sp³-hybridized carbons (Fsp3) is 0.211. The number of benzene rings is 1. The predicted octanol–water partition coefficient (Wildman–Crippen LogP) is 3.46. The van der Waals surface area contributed by atoms with E-state index in [-0.39, 0.29) is 0 Å². The summed E-state index contributed by atoms with van der Waals surface area (Å²) in [5, 5.41) is 0.892. The van der Waals surface area contributed by atoms with Crippen LogP contribution in [0.25, 0.3) is 22.4 Å². The largest absolute Gasteiger partial charge is 0.480 e. The van der Waals surface area contributed by atoms with Crippen LogP contribution >= 0.6 is 0 Å². The van der Waals surface area contributed by atoms with E-state index in [0.717, 1.165) is 16.6 Å². The van der Waals surface area contributed by atoms with Crippen LogP contribution in [0.5, 0.6) is 5.88 Å². The lowest BCUT2D eigenvalue weighted by atomic mass is 10.2. The monoisotopic (exact) mass is 301 g/mol. The van der Waals surface area contributed by atoms with Crippen LogP contribution in [0.1, 0.15) is 18.5 Å². The zero-order valence-electron chi connectivity index (χ0n) is 12.8. The average Bonchev–Trinajstić information content (AvgIpc) is 3.43. The first-order valence-corrected chi connectivity index (χ1v) is 7.63. The minimum Gasteiger partial charge on any atom is -0.480 e. The zero-order chi connectivity index (χ0) is 15.6. The van der Waals surface area contributed by atoms with Gasteiger partial charge in [0.05, 0.1) is 18.0 Å². The quantitative estimate of drug-likeness (QED) is 0.680. The number of hydrogen-bond acceptors (Lipinski definition) is 4. The van der Waals surface area contributed by atoms with Gasteiger partial charge < -0.3 is 4.74 Å². The molecule has 0 aliphatic heterocycles. The van der Waals surface area contributed by atoms with Gasteiger partial charge in [0.2, 0.25) is 5.88 Å². The van der Waals surface area contributed by atoms with Gasteiger partial charge >= 0.3 is 0 Å². The van der Waals surface area contributed by atoms with Gasteiger partial charge in [-0.3, -0.25) is 0 Å². The summed E-state index contributed by atoms with van der Waals surface area (Å²) >= 11 is 0. The standard InChI is InChI=1S/C19H15N3O/c1-23-19-15-6-2-3-7-16(15)21-18(22-19)17-8-4-5-14(20-17)12-11-13-9-10-13/h2-8,13H,9-10H2,1H3. The highest BCUT2D eigenvalue weighted by atomic mass is 16.5. The Morgan fingerprint density at radius 1 is 1.00 bits per heavy atom. The highest BCUT2D eigenvalue weighted by Gasteiger charge is 2.17. The molecule has 2 aromatic heterocycles. The molecule has 1 aliphatic rings. The Kier molecular flexibility index (Phi) is 3.39. The molecule has 4 rings (SSSR count). The molecule has 0 unspecified atom stereocenters. The number of para-hydroxylation sites is 1. The Bertz CT molecular complexity index is 936. The first-order chi connectivity index (χ1) is 11.3. The van der Waals surface area contributed by atoms with E-state index < -0.39 is 0 Å². The first kappa shape index (κ1) is 13.7. The third-order valence-electron chi connectivity index (χ3n) is 3.72. The van der Waals surface area contributed by atoms with Crippen LogP contribution in [0.3, 0.4) is 0 Å². The molecule has 0 atom stereocenters. The molecule has 0 amide bonds. The second-order valence-electron chi connectivity index (χ2n) is 5.53. The third-order valence-corrected chi connectivity index (χ3v) is 3.72. The Labute approximate surface area is 134 Å². The second kappa shape index (κ2) is 5.69. The van der Waals surface area contributed by atoms with Crippen molar-refractivity contribution in [3.8, 4) is 29.2 Å². The molecule has 0 bridgehead atoms. The molecule has 0 saturated heterocycles. The lowest BCUT2D eigenvalue weighted by molar-refractivity contribution is 0.403. The summed E-state index contributed by atoms with van der Waals surface area (Å²) in [6.45, 7) is 0. The Hall–Kier alpha value is -2.93. The number of ether oxygens (including phenoxy) is 1. The molecule has 4 heteroatoms. The Balaban J connectivity index is 1.79. The van der Waals surface area contributed by atoms with Crippen molar-refractivity contribution in [3.05, 3.63) is 48.2 Å². The van der Waals surface area contributed by atoms with Crippen molar-refractivity contribution < 1.29 is 4.74 Å². The highest BCUT2D eigenvalue weighted by molar-refractivity contribution is 5.84. The van der Waals surface area contributed by atoms with Crippen molar-refractivity contribution >= 4 is 10.9 Å². The van der Waals surface area contributed by atoms with E-state index in [1.54, 1.807) is 7.11 Å². The molecule has 1 saturated carbocycles. The van der Waals surface area contributed by atoms with Crippen LogP contribution in [0.4, 0.5) is 0 Å². The lowest BCUT2D eigenvalue weighted by Gasteiger charge is -2.07. The van der Waals surface area contributed by atoms with Gasteiger partial charge in [-0.2, -0.15) is 4.98 Å². The van der Waals surface area contributed by atoms with Gasteiger partial charge in [-0.1, -0.05) is 24.1 Å². The Morgan fingerprint density at radius 3 is 2.70 bits per heavy atom. The van der Waals surface area contributed by atoms with Gasteiger partial charge in [-0.15, -0.1) is 0 Å². The number of nitrogens with zero attached hydrogens (tertiary/aromatic N) is 3. The predicted molar refractivity (Wildman–Crippen MR) is 88.9 cm³/mol. The molecule has 23 heavy (non-hydrogen) atoms. The van der Waals surface area contributed by atoms with Crippen LogP contribution < -0.4 is 4.74 Å². The Morgan fingerprint density at radius 2 is 1.87 bits per heavy atom. The van der Waals surface area contributed by atoms with Gasteiger partial charge in [-0.25, -0.2) is 9.97 Å². The molecule has 2 heterocycles. The molecule has 0 spiro atoms. The molecule has 112 valence electrons. The summed E-state index contributed by atoms with van der Waals surface area (Å²) in [6, 6.07) is 13.5. The minimum absolute atomic E-state index is 0.552. The van der Waals surface area contributed by atoms with Crippen molar-refractivity contribution in [2.24, 2.45) is 5.92 Å². The van der Waals surface area contributed by atoms with E-state index in [1.807, 2.05) is 42.5 Å². The van der Waals surface area contributed by atoms with Crippen molar-refractivity contribution in [2.45, 2.75) is 12.8 Å². The van der Waals surface area contributed by atoms with Crippen LogP contribution in [-0.4, -0.2) is 22.1 Å². The van der Waals surface area contributed by atoms with Gasteiger partial charge in [0.15, 0.2) is 5.82 Å². The smallest absolute Gasteiger partial charge is 0.224 e. The molecule has 4 nitrogen and oxygen atoms in total. The molecule has 1 fully saturated rings. The molecular weight excluding hydrogens is 286 g/mol. The van der Waals surface area contributed by atoms with E-state index in [9.17, 15) is 0 Å². The normalized spacial score (nSPS) is 13.4. The number of fused-ring (bicyclic) bond motifs is 1. The fourth-order valence-corrected chi connectivity index (χ4v) is 2.35. The van der Waals surface area contributed by atoms with E-state index in [1.165, 1.54) is 12.8 Å². The van der Waals surface area contributed by atoms with Crippen molar-refractivity contribution in [2.75, 3.05) is 7.11 Å². The maximum absolute atomic E-state index is 5.40. The van der Waals surface area contributed by atoms with Gasteiger partial charge in [0.1, 0.15) is 11.4 Å². The highest BCUT2D eigenvalue weighted by Crippen LogP contribution is 2.28. The van der Waals surface area contributed by atoms with Crippen LogP contribution in [-0.2, 0) is 0 Å². The number of methoxy groups -OCH3 is 1. The molecule has 3 aromatic rings. The van der Waals surface area contributed by atoms with Crippen molar-refractivity contribution in [1.82, 2.24) is 15.0 Å². The molecular formula is C19H15N3O. The van der Waals surface area contributed by atoms with Gasteiger partial charge in [-0.05, 0) is 43.0 Å². The maximum Gasteiger partial charge on any atom is 0.224 e. The number of hydrogen-bond donors (Lipinski definition) is 0. The minimum atomic E-state index is 0.552. The molecule has 0 N–H and O–H groups in total. The summed E-state index contributed by atoms with van der Waals surface area (Å²) in [5.41, 5.74) is 2.30. The van der Waals surface area contributed by atoms with Crippen molar-refractivity contribution in [3.63, 3.8) is 0 Å². The maximum atomic E-state index is 5.40. The summed E-state index contributed by atoms with van der Waals surface area (Å²) in [7, 11) is 1.61. The number of rotatable bonds is 2. The number of aromatic nitrogens is 3. The summed E-state index contributed by atoms with van der Waals surface area (Å²) in [5.74, 6) is 8.02. The fourth-order valence-electron chi connectivity index (χ4n) is 2.35. The van der Waals surface area contributed by atoms with Gasteiger partial charge in [0, 0.05) is 5.92 Å². The SMILES string of the molecule is COc1nc(-c2cccc(C#CC3CC3)n2)nc2ccccc12. The summed E-state index contributed by atoms with van der Waals surface area (Å²) < 4.78 is 5.40. The van der Waals surface area contributed by atoms with E-state index in [2.05, 4.69) is 26.8 Å². The average molecular weight is 301 g/mol. The molecule has 1 aliphatic carbocycles. The second-order valence-corrected chi connectivity index (χ2v) is 5.53. The lowest BCUT2D eigenvalue weighted by Crippen LogP contribution is -1.98. The third kappa shape index (κ3) is 2.86. The van der Waals surface area contributed by atoms with Gasteiger partial charge in [0.25, 0.3) is 0 Å². The van der Waals surface area contributed by atoms with Crippen LogP contribution in [0, 0.1) is 17.8 Å². The van der Waals surface area contributed by atoms with E-state index in [0.29, 0.717) is 23.3 Å². The van der Waals surface area contributed by atoms with E-state index in [4.69, 9.17) is 4.74 Å². The zero-order valence-corrected chi connectivity index (χ0v) is 12.8.